The number of hydrogen-bond donors (Lipinski definition) is 4. The van der Waals surface area contributed by atoms with Crippen LogP contribution in [0.25, 0.3) is 0 Å². The van der Waals surface area contributed by atoms with Crippen molar-refractivity contribution in [2.75, 3.05) is 13.2 Å². The molecule has 0 saturated heterocycles. The Morgan fingerprint density at radius 2 is 1.93 bits per heavy atom. The van der Waals surface area contributed by atoms with Gasteiger partial charge in [-0.15, -0.1) is 0 Å². The zero-order valence-corrected chi connectivity index (χ0v) is 10.8. The molecule has 0 aliphatic heterocycles. The van der Waals surface area contributed by atoms with Crippen molar-refractivity contribution in [2.24, 2.45) is 0 Å². The van der Waals surface area contributed by atoms with Crippen molar-refractivity contribution in [1.82, 2.24) is 0 Å². The monoisotopic (exact) mass is 252 g/mol. The third-order valence-corrected chi connectivity index (χ3v) is 1.73. The Morgan fingerprint density at radius 1 is 1.47 bits per heavy atom. The fourth-order valence-electron chi connectivity index (χ4n) is 0.570. The number of aliphatic hydroxyl groups is 3. The molecule has 0 aromatic rings. The Labute approximate surface area is 107 Å². The largest absolute Gasteiger partial charge is 1.00 e. The number of phosphoric acid groups is 1. The average molecular weight is 252 g/mol. The maximum atomic E-state index is 10.6. The molecule has 1 unspecified atom stereocenters. The number of aliphatic hydroxyl groups excluding tert-OH is 3. The predicted octanol–water partition coefficient (Wildman–Crippen LogP) is -6.25. The second-order valence-corrected chi connectivity index (χ2v) is 3.60. The summed E-state index contributed by atoms with van der Waals surface area (Å²) in [4.78, 5) is 28.7. The van der Waals surface area contributed by atoms with Gasteiger partial charge in [0.1, 0.15) is 18.8 Å². The van der Waals surface area contributed by atoms with Crippen molar-refractivity contribution in [3.05, 3.63) is 0 Å². The molecule has 0 amide bonds. The van der Waals surface area contributed by atoms with Gasteiger partial charge in [0.05, 0.1) is 6.61 Å². The summed E-state index contributed by atoms with van der Waals surface area (Å²) in [5, 5.41) is 26.0. The Balaban J connectivity index is 0. The smallest absolute Gasteiger partial charge is 0.756 e. The molecule has 0 rings (SSSR count). The first-order valence-corrected chi connectivity index (χ1v) is 4.95. The van der Waals surface area contributed by atoms with Crippen molar-refractivity contribution < 1.29 is 68.5 Å². The Hall–Kier alpha value is 0.660. The Kier molecular flexibility index (Phi) is 9.45. The van der Waals surface area contributed by atoms with E-state index in [-0.39, 0.29) is 29.6 Å². The van der Waals surface area contributed by atoms with Crippen LogP contribution in [0.15, 0.2) is 0 Å². The van der Waals surface area contributed by atoms with Crippen LogP contribution in [-0.4, -0.2) is 51.4 Å². The summed E-state index contributed by atoms with van der Waals surface area (Å²) in [6.45, 7) is -1.96. The first-order chi connectivity index (χ1) is 6.28. The van der Waals surface area contributed by atoms with Gasteiger partial charge in [-0.2, -0.15) is 0 Å². The Bertz CT molecular complexity index is 239. The van der Waals surface area contributed by atoms with Gasteiger partial charge in [-0.3, -0.25) is 9.36 Å². The van der Waals surface area contributed by atoms with Gasteiger partial charge < -0.3 is 29.6 Å². The summed E-state index contributed by atoms with van der Waals surface area (Å²) < 4.78 is 13.8. The van der Waals surface area contributed by atoms with Gasteiger partial charge >= 0.3 is 29.6 Å². The van der Waals surface area contributed by atoms with Crippen LogP contribution in [0.4, 0.5) is 0 Å². The van der Waals surface area contributed by atoms with E-state index >= 15 is 0 Å². The molecule has 0 heterocycles. The van der Waals surface area contributed by atoms with E-state index in [0.29, 0.717) is 0 Å². The maximum Gasteiger partial charge on any atom is 1.00 e. The number of rotatable bonds is 6. The van der Waals surface area contributed by atoms with E-state index in [4.69, 9.17) is 20.2 Å². The predicted molar refractivity (Wildman–Crippen MR) is 39.9 cm³/mol. The van der Waals surface area contributed by atoms with Crippen LogP contribution in [0.3, 0.4) is 0 Å². The summed E-state index contributed by atoms with van der Waals surface area (Å²) >= 11 is 0. The van der Waals surface area contributed by atoms with E-state index in [0.717, 1.165) is 0 Å². The van der Waals surface area contributed by atoms with Crippen LogP contribution >= 0.6 is 7.82 Å². The molecule has 0 spiro atoms. The van der Waals surface area contributed by atoms with E-state index in [1.807, 2.05) is 0 Å². The number of ketones is 1. The maximum absolute atomic E-state index is 10.6. The van der Waals surface area contributed by atoms with Gasteiger partial charge in [0.2, 0.25) is 0 Å². The van der Waals surface area contributed by atoms with Crippen LogP contribution in [0.5, 0.6) is 0 Å². The second kappa shape index (κ2) is 7.86. The number of hydrogen-bond acceptors (Lipinski definition) is 7. The summed E-state index contributed by atoms with van der Waals surface area (Å²) in [5.74, 6) is -1.08. The zero-order valence-electron chi connectivity index (χ0n) is 7.94. The molecular formula is C5H10NaO8P. The third kappa shape index (κ3) is 8.47. The van der Waals surface area contributed by atoms with E-state index in [9.17, 15) is 14.3 Å². The van der Waals surface area contributed by atoms with Crippen LogP contribution in [0.1, 0.15) is 0 Å². The zero-order chi connectivity index (χ0) is 11.4. The molecule has 0 aliphatic rings. The molecule has 0 bridgehead atoms. The molecule has 0 radical (unpaired) electrons. The quantitative estimate of drug-likeness (QED) is 0.269. The molecule has 0 aliphatic carbocycles. The first-order valence-electron chi connectivity index (χ1n) is 3.46. The van der Waals surface area contributed by atoms with E-state index in [2.05, 4.69) is 4.52 Å². The van der Waals surface area contributed by atoms with Crippen LogP contribution < -0.4 is 34.5 Å². The van der Waals surface area contributed by atoms with E-state index in [1.54, 1.807) is 0 Å². The summed E-state index contributed by atoms with van der Waals surface area (Å²) in [6.07, 6.45) is -3.78. The first kappa shape index (κ1) is 18.0. The SMILES string of the molecule is O=C(CO)[C@@H](O)[C@H](O)COP(=O)([O-])O.[Na+]. The van der Waals surface area contributed by atoms with Gasteiger partial charge in [0.15, 0.2) is 5.78 Å². The van der Waals surface area contributed by atoms with Crippen molar-refractivity contribution in [3.63, 3.8) is 0 Å². The van der Waals surface area contributed by atoms with Crippen LogP contribution in [0.2, 0.25) is 0 Å². The fourth-order valence-corrected chi connectivity index (χ4v) is 0.911. The summed E-state index contributed by atoms with van der Waals surface area (Å²) in [7, 11) is -4.99. The van der Waals surface area contributed by atoms with Gasteiger partial charge in [-0.25, -0.2) is 0 Å². The minimum Gasteiger partial charge on any atom is -0.756 e. The standard InChI is InChI=1S/C5H11O8P.Na/c6-1-3(7)5(9)4(8)2-13-14(10,11)12;/h4-6,8-9H,1-2H2,(H2,10,11,12);/q;+1/p-1/t4-,5-;/m1./s1. The normalized spacial score (nSPS) is 18.5. The molecule has 0 fully saturated rings. The second-order valence-electron chi connectivity index (χ2n) is 2.40. The molecule has 10 heteroatoms. The number of phosphoric ester groups is 1. The number of carbonyl (C=O) groups is 1. The fraction of sp³-hybridized carbons (Fsp3) is 0.800. The van der Waals surface area contributed by atoms with Gasteiger partial charge in [0, 0.05) is 0 Å². The van der Waals surface area contributed by atoms with E-state index in [1.165, 1.54) is 0 Å². The molecule has 84 valence electrons. The topological polar surface area (TPSA) is 147 Å². The summed E-state index contributed by atoms with van der Waals surface area (Å²) in [5.41, 5.74) is 0. The molecule has 15 heavy (non-hydrogen) atoms. The molecule has 3 atom stereocenters. The van der Waals surface area contributed by atoms with Crippen molar-refractivity contribution in [3.8, 4) is 0 Å². The average Bonchev–Trinajstić information content (AvgIpc) is 2.10. The van der Waals surface area contributed by atoms with Crippen molar-refractivity contribution in [2.45, 2.75) is 12.2 Å². The van der Waals surface area contributed by atoms with Crippen LogP contribution in [0, 0.1) is 0 Å². The minimum absolute atomic E-state index is 0. The van der Waals surface area contributed by atoms with Gasteiger partial charge in [-0.05, 0) is 0 Å². The van der Waals surface area contributed by atoms with Crippen molar-refractivity contribution in [1.29, 1.82) is 0 Å². The number of Topliss-reactive ketones (excluding diaryl/α,β-unsaturated/α-hetero) is 1. The molecular weight excluding hydrogens is 242 g/mol. The molecule has 0 saturated carbocycles. The van der Waals surface area contributed by atoms with E-state index < -0.39 is 39.0 Å². The van der Waals surface area contributed by atoms with Gasteiger partial charge in [0.25, 0.3) is 7.82 Å². The molecule has 4 N–H and O–H groups in total. The number of carbonyl (C=O) groups excluding carboxylic acids is 1. The van der Waals surface area contributed by atoms with Crippen LogP contribution in [-0.2, 0) is 13.9 Å². The Morgan fingerprint density at radius 3 is 2.27 bits per heavy atom. The van der Waals surface area contributed by atoms with Gasteiger partial charge in [-0.1, -0.05) is 0 Å². The molecule has 0 aromatic heterocycles. The van der Waals surface area contributed by atoms with Crippen molar-refractivity contribution >= 4 is 13.6 Å². The summed E-state index contributed by atoms with van der Waals surface area (Å²) in [6, 6.07) is 0. The molecule has 8 nitrogen and oxygen atoms in total. The molecule has 0 aromatic carbocycles. The third-order valence-electron chi connectivity index (χ3n) is 1.26. The minimum atomic E-state index is -4.99.